The summed E-state index contributed by atoms with van der Waals surface area (Å²) in [5.74, 6) is 1.30. The fourth-order valence-corrected chi connectivity index (χ4v) is 2.38. The molecule has 1 aromatic carbocycles. The lowest BCUT2D eigenvalue weighted by molar-refractivity contribution is 0.371. The maximum Gasteiger partial charge on any atom is 0.228 e. The molecule has 0 spiro atoms. The summed E-state index contributed by atoms with van der Waals surface area (Å²) in [7, 11) is 0. The molecule has 120 valence electrons. The molecule has 0 radical (unpaired) electrons. The number of aryl methyl sites for hydroxylation is 1. The van der Waals surface area contributed by atoms with Gasteiger partial charge in [0.15, 0.2) is 0 Å². The third-order valence-corrected chi connectivity index (χ3v) is 3.65. The lowest BCUT2D eigenvalue weighted by Gasteiger charge is -2.13. The molecule has 0 aliphatic rings. The summed E-state index contributed by atoms with van der Waals surface area (Å²) in [5.41, 5.74) is 2.19. The van der Waals surface area contributed by atoms with Gasteiger partial charge in [0, 0.05) is 43.5 Å². The standard InChI is InChI=1S/C17H21N5O/c1-13-3-5-15(6-4-13)17-20-16(23-21-17)7-8-19-14(2)11-22-10-9-18-12-22/h3-6,9-10,12,14,19H,7-8,11H2,1-2H3/t14-/m0/s1. The van der Waals surface area contributed by atoms with Crippen LogP contribution in [0.1, 0.15) is 18.4 Å². The fraction of sp³-hybridized carbons (Fsp3) is 0.353. The van der Waals surface area contributed by atoms with Gasteiger partial charge in [-0.3, -0.25) is 0 Å². The van der Waals surface area contributed by atoms with Crippen molar-refractivity contribution in [3.8, 4) is 11.4 Å². The first-order chi connectivity index (χ1) is 11.2. The van der Waals surface area contributed by atoms with Gasteiger partial charge in [0.25, 0.3) is 0 Å². The van der Waals surface area contributed by atoms with Crippen LogP contribution in [0.2, 0.25) is 0 Å². The van der Waals surface area contributed by atoms with Crippen LogP contribution in [-0.4, -0.2) is 32.3 Å². The summed E-state index contributed by atoms with van der Waals surface area (Å²) >= 11 is 0. The third-order valence-electron chi connectivity index (χ3n) is 3.65. The Hall–Kier alpha value is -2.47. The number of imidazole rings is 1. The molecule has 23 heavy (non-hydrogen) atoms. The molecule has 0 amide bonds. The highest BCUT2D eigenvalue weighted by atomic mass is 16.5. The van der Waals surface area contributed by atoms with Gasteiger partial charge < -0.3 is 14.4 Å². The second-order valence-electron chi connectivity index (χ2n) is 5.74. The van der Waals surface area contributed by atoms with E-state index in [2.05, 4.69) is 38.9 Å². The molecule has 0 fully saturated rings. The molecule has 1 atom stereocenters. The molecular formula is C17H21N5O. The number of hydrogen-bond acceptors (Lipinski definition) is 5. The van der Waals surface area contributed by atoms with Crippen LogP contribution in [0.25, 0.3) is 11.4 Å². The van der Waals surface area contributed by atoms with Crippen molar-refractivity contribution in [3.63, 3.8) is 0 Å². The molecule has 3 rings (SSSR count). The monoisotopic (exact) mass is 311 g/mol. The molecule has 0 aliphatic carbocycles. The van der Waals surface area contributed by atoms with Crippen molar-refractivity contribution in [2.45, 2.75) is 32.9 Å². The molecule has 0 saturated heterocycles. The SMILES string of the molecule is Cc1ccc(-c2noc(CCN[C@@H](C)Cn3ccnc3)n2)cc1. The molecular weight excluding hydrogens is 290 g/mol. The molecule has 0 aliphatic heterocycles. The van der Waals surface area contributed by atoms with Gasteiger partial charge in [-0.15, -0.1) is 0 Å². The van der Waals surface area contributed by atoms with E-state index in [1.807, 2.05) is 36.8 Å². The number of rotatable bonds is 7. The predicted octanol–water partition coefficient (Wildman–Crippen LogP) is 2.46. The van der Waals surface area contributed by atoms with Crippen molar-refractivity contribution >= 4 is 0 Å². The molecule has 1 N–H and O–H groups in total. The van der Waals surface area contributed by atoms with Crippen LogP contribution in [-0.2, 0) is 13.0 Å². The summed E-state index contributed by atoms with van der Waals surface area (Å²) in [6, 6.07) is 8.46. The van der Waals surface area contributed by atoms with Gasteiger partial charge in [-0.2, -0.15) is 4.98 Å². The van der Waals surface area contributed by atoms with Gasteiger partial charge in [-0.05, 0) is 13.8 Å². The van der Waals surface area contributed by atoms with Crippen LogP contribution < -0.4 is 5.32 Å². The summed E-state index contributed by atoms with van der Waals surface area (Å²) in [5, 5.41) is 7.50. The van der Waals surface area contributed by atoms with Crippen molar-refractivity contribution in [2.75, 3.05) is 6.54 Å². The Morgan fingerprint density at radius 3 is 2.83 bits per heavy atom. The van der Waals surface area contributed by atoms with Crippen molar-refractivity contribution in [2.24, 2.45) is 0 Å². The second-order valence-corrected chi connectivity index (χ2v) is 5.74. The van der Waals surface area contributed by atoms with E-state index in [0.29, 0.717) is 24.2 Å². The zero-order valence-electron chi connectivity index (χ0n) is 13.4. The number of hydrogen-bond donors (Lipinski definition) is 1. The van der Waals surface area contributed by atoms with Crippen LogP contribution in [0, 0.1) is 6.92 Å². The van der Waals surface area contributed by atoms with Gasteiger partial charge in [0.05, 0.1) is 6.33 Å². The van der Waals surface area contributed by atoms with E-state index in [1.165, 1.54) is 5.56 Å². The highest BCUT2D eigenvalue weighted by Gasteiger charge is 2.09. The number of nitrogens with zero attached hydrogens (tertiary/aromatic N) is 4. The quantitative estimate of drug-likeness (QED) is 0.726. The smallest absolute Gasteiger partial charge is 0.228 e. The Bertz CT molecular complexity index is 718. The summed E-state index contributed by atoms with van der Waals surface area (Å²) in [6.45, 7) is 5.89. The Kier molecular flexibility index (Phi) is 4.83. The maximum atomic E-state index is 5.32. The normalized spacial score (nSPS) is 12.4. The first kappa shape index (κ1) is 15.4. The van der Waals surface area contributed by atoms with Crippen LogP contribution in [0.15, 0.2) is 47.5 Å². The van der Waals surface area contributed by atoms with E-state index in [0.717, 1.165) is 18.7 Å². The molecule has 0 unspecified atom stereocenters. The van der Waals surface area contributed by atoms with Crippen molar-refractivity contribution in [1.29, 1.82) is 0 Å². The molecule has 3 aromatic rings. The second kappa shape index (κ2) is 7.19. The van der Waals surface area contributed by atoms with E-state index in [4.69, 9.17) is 4.52 Å². The summed E-state index contributed by atoms with van der Waals surface area (Å²) in [4.78, 5) is 8.49. The average Bonchev–Trinajstić information content (AvgIpc) is 3.20. The molecule has 0 bridgehead atoms. The van der Waals surface area contributed by atoms with Gasteiger partial charge in [-0.25, -0.2) is 4.98 Å². The zero-order chi connectivity index (χ0) is 16.1. The highest BCUT2D eigenvalue weighted by molar-refractivity contribution is 5.54. The van der Waals surface area contributed by atoms with E-state index in [-0.39, 0.29) is 0 Å². The van der Waals surface area contributed by atoms with E-state index >= 15 is 0 Å². The van der Waals surface area contributed by atoms with Crippen LogP contribution in [0.5, 0.6) is 0 Å². The molecule has 0 saturated carbocycles. The Balaban J connectivity index is 1.48. The van der Waals surface area contributed by atoms with E-state index in [1.54, 1.807) is 6.20 Å². The lowest BCUT2D eigenvalue weighted by Crippen LogP contribution is -2.31. The highest BCUT2D eigenvalue weighted by Crippen LogP contribution is 2.16. The maximum absolute atomic E-state index is 5.32. The third kappa shape index (κ3) is 4.26. The number of benzene rings is 1. The van der Waals surface area contributed by atoms with Crippen LogP contribution >= 0.6 is 0 Å². The molecule has 6 nitrogen and oxygen atoms in total. The minimum atomic E-state index is 0.351. The fourth-order valence-electron chi connectivity index (χ4n) is 2.38. The Morgan fingerprint density at radius 2 is 2.09 bits per heavy atom. The van der Waals surface area contributed by atoms with E-state index in [9.17, 15) is 0 Å². The van der Waals surface area contributed by atoms with Crippen molar-refractivity contribution in [1.82, 2.24) is 25.0 Å². The van der Waals surface area contributed by atoms with Gasteiger partial charge in [-0.1, -0.05) is 35.0 Å². The van der Waals surface area contributed by atoms with Crippen molar-refractivity contribution in [3.05, 3.63) is 54.4 Å². The van der Waals surface area contributed by atoms with Crippen LogP contribution in [0.3, 0.4) is 0 Å². The number of aromatic nitrogens is 4. The minimum absolute atomic E-state index is 0.351. The number of nitrogens with one attached hydrogen (secondary N) is 1. The summed E-state index contributed by atoms with van der Waals surface area (Å²) in [6.07, 6.45) is 6.29. The molecule has 2 aromatic heterocycles. The Morgan fingerprint density at radius 1 is 1.26 bits per heavy atom. The minimum Gasteiger partial charge on any atom is -0.339 e. The van der Waals surface area contributed by atoms with Crippen LogP contribution in [0.4, 0.5) is 0 Å². The molecule has 2 heterocycles. The Labute approximate surface area is 135 Å². The largest absolute Gasteiger partial charge is 0.339 e. The predicted molar refractivity (Wildman–Crippen MR) is 87.9 cm³/mol. The molecule has 6 heteroatoms. The topological polar surface area (TPSA) is 68.8 Å². The van der Waals surface area contributed by atoms with Gasteiger partial charge in [0.1, 0.15) is 0 Å². The van der Waals surface area contributed by atoms with Crippen molar-refractivity contribution < 1.29 is 4.52 Å². The zero-order valence-corrected chi connectivity index (χ0v) is 13.4. The average molecular weight is 311 g/mol. The lowest BCUT2D eigenvalue weighted by atomic mass is 10.1. The first-order valence-corrected chi connectivity index (χ1v) is 7.79. The summed E-state index contributed by atoms with van der Waals surface area (Å²) < 4.78 is 7.38. The van der Waals surface area contributed by atoms with E-state index < -0.39 is 0 Å². The van der Waals surface area contributed by atoms with Gasteiger partial charge >= 0.3 is 0 Å². The van der Waals surface area contributed by atoms with Gasteiger partial charge in [0.2, 0.25) is 11.7 Å². The first-order valence-electron chi connectivity index (χ1n) is 7.79.